The van der Waals surface area contributed by atoms with Gasteiger partial charge in [0.05, 0.1) is 5.54 Å². The summed E-state index contributed by atoms with van der Waals surface area (Å²) in [6, 6.07) is 0. The molecule has 1 amide bonds. The van der Waals surface area contributed by atoms with Crippen molar-refractivity contribution in [2.45, 2.75) is 52.5 Å². The molecule has 2 N–H and O–H groups in total. The number of likely N-dealkylation sites (N-methyl/N-ethyl adjacent to an activating group) is 1. The predicted octanol–water partition coefficient (Wildman–Crippen LogP) is 1.72. The molecule has 0 aromatic heterocycles. The van der Waals surface area contributed by atoms with E-state index in [-0.39, 0.29) is 18.2 Å². The maximum absolute atomic E-state index is 12.5. The minimum absolute atomic E-state index is 0.116. The number of nitrogens with zero attached hydrogens (tertiary/aromatic N) is 1. The van der Waals surface area contributed by atoms with Gasteiger partial charge < -0.3 is 15.3 Å². The van der Waals surface area contributed by atoms with Crippen molar-refractivity contribution in [3.8, 4) is 0 Å². The molecule has 1 saturated heterocycles. The molecule has 1 fully saturated rings. The van der Waals surface area contributed by atoms with E-state index < -0.39 is 11.5 Å². The number of hydrogen-bond donors (Lipinski definition) is 2. The molecular formula is C15H28N2O3. The molecule has 0 bridgehead atoms. The Morgan fingerprint density at radius 3 is 2.65 bits per heavy atom. The highest BCUT2D eigenvalue weighted by Gasteiger charge is 2.35. The number of carboxylic acid groups (broad SMARTS) is 1. The average Bonchev–Trinajstić information content (AvgIpc) is 2.37. The standard InChI is InChI=1S/C15H28N2O3/c1-5-16-15(3,4)14(20)17-8-6-7-12(10-17)11(2)9-13(18)19/h11-12,16H,5-10H2,1-4H3,(H,18,19). The Bertz CT molecular complexity index is 355. The highest BCUT2D eigenvalue weighted by molar-refractivity contribution is 5.85. The van der Waals surface area contributed by atoms with Gasteiger partial charge in [-0.15, -0.1) is 0 Å². The van der Waals surface area contributed by atoms with Gasteiger partial charge in [-0.05, 0) is 45.1 Å². The van der Waals surface area contributed by atoms with Crippen LogP contribution in [0.15, 0.2) is 0 Å². The number of carboxylic acids is 1. The predicted molar refractivity (Wildman–Crippen MR) is 78.5 cm³/mol. The van der Waals surface area contributed by atoms with Crippen molar-refractivity contribution in [1.82, 2.24) is 10.2 Å². The van der Waals surface area contributed by atoms with Crippen molar-refractivity contribution in [2.24, 2.45) is 11.8 Å². The van der Waals surface area contributed by atoms with Gasteiger partial charge in [0.1, 0.15) is 0 Å². The highest BCUT2D eigenvalue weighted by atomic mass is 16.4. The lowest BCUT2D eigenvalue weighted by molar-refractivity contribution is -0.140. The van der Waals surface area contributed by atoms with Crippen molar-refractivity contribution < 1.29 is 14.7 Å². The summed E-state index contributed by atoms with van der Waals surface area (Å²) in [7, 11) is 0. The average molecular weight is 284 g/mol. The number of nitrogens with one attached hydrogen (secondary N) is 1. The summed E-state index contributed by atoms with van der Waals surface area (Å²) in [4.78, 5) is 25.3. The van der Waals surface area contributed by atoms with Crippen LogP contribution in [0.2, 0.25) is 0 Å². The summed E-state index contributed by atoms with van der Waals surface area (Å²) in [5.41, 5.74) is -0.549. The first kappa shape index (κ1) is 17.0. The number of likely N-dealkylation sites (tertiary alicyclic amines) is 1. The van der Waals surface area contributed by atoms with Gasteiger partial charge in [0.15, 0.2) is 0 Å². The van der Waals surface area contributed by atoms with Gasteiger partial charge in [-0.2, -0.15) is 0 Å². The molecule has 0 radical (unpaired) electrons. The van der Waals surface area contributed by atoms with Crippen LogP contribution in [0, 0.1) is 11.8 Å². The van der Waals surface area contributed by atoms with E-state index >= 15 is 0 Å². The van der Waals surface area contributed by atoms with Gasteiger partial charge in [0, 0.05) is 19.5 Å². The number of aliphatic carboxylic acids is 1. The topological polar surface area (TPSA) is 69.6 Å². The Hall–Kier alpha value is -1.10. The van der Waals surface area contributed by atoms with E-state index in [2.05, 4.69) is 5.32 Å². The summed E-state index contributed by atoms with van der Waals surface area (Å²) >= 11 is 0. The third-order valence-electron chi connectivity index (χ3n) is 4.20. The van der Waals surface area contributed by atoms with Crippen molar-refractivity contribution in [1.29, 1.82) is 0 Å². The summed E-state index contributed by atoms with van der Waals surface area (Å²) in [6.45, 7) is 9.99. The molecule has 0 aromatic rings. The first-order chi connectivity index (χ1) is 9.27. The lowest BCUT2D eigenvalue weighted by atomic mass is 9.84. The third-order valence-corrected chi connectivity index (χ3v) is 4.20. The lowest BCUT2D eigenvalue weighted by Crippen LogP contribution is -2.56. The molecule has 0 spiro atoms. The summed E-state index contributed by atoms with van der Waals surface area (Å²) in [5.74, 6) is -0.230. The molecule has 1 rings (SSSR count). The second kappa shape index (κ2) is 7.07. The number of amides is 1. The van der Waals surface area contributed by atoms with Crippen LogP contribution in [0.4, 0.5) is 0 Å². The normalized spacial score (nSPS) is 21.6. The molecule has 20 heavy (non-hydrogen) atoms. The molecule has 2 atom stereocenters. The molecule has 1 aliphatic rings. The Labute approximate surface area is 121 Å². The number of piperidine rings is 1. The molecule has 1 aliphatic heterocycles. The van der Waals surface area contributed by atoms with Crippen LogP contribution in [0.25, 0.3) is 0 Å². The molecule has 5 nitrogen and oxygen atoms in total. The third kappa shape index (κ3) is 4.47. The molecule has 2 unspecified atom stereocenters. The second-order valence-corrected chi connectivity index (χ2v) is 6.38. The fourth-order valence-electron chi connectivity index (χ4n) is 3.01. The van der Waals surface area contributed by atoms with Crippen molar-refractivity contribution in [3.05, 3.63) is 0 Å². The number of hydrogen-bond acceptors (Lipinski definition) is 3. The Balaban J connectivity index is 2.64. The van der Waals surface area contributed by atoms with Crippen LogP contribution in [-0.2, 0) is 9.59 Å². The smallest absolute Gasteiger partial charge is 0.303 e. The fourth-order valence-corrected chi connectivity index (χ4v) is 3.01. The van der Waals surface area contributed by atoms with E-state index in [1.54, 1.807) is 0 Å². The first-order valence-corrected chi connectivity index (χ1v) is 7.54. The molecule has 5 heteroatoms. The maximum atomic E-state index is 12.5. The van der Waals surface area contributed by atoms with E-state index in [1.807, 2.05) is 32.6 Å². The lowest BCUT2D eigenvalue weighted by Gasteiger charge is -2.39. The SMILES string of the molecule is CCNC(C)(C)C(=O)N1CCCC(C(C)CC(=O)O)C1. The first-order valence-electron chi connectivity index (χ1n) is 7.54. The zero-order valence-corrected chi connectivity index (χ0v) is 13.1. The van der Waals surface area contributed by atoms with E-state index in [0.717, 1.165) is 25.9 Å². The van der Waals surface area contributed by atoms with Gasteiger partial charge in [-0.25, -0.2) is 0 Å². The van der Waals surface area contributed by atoms with Crippen molar-refractivity contribution >= 4 is 11.9 Å². The molecular weight excluding hydrogens is 256 g/mol. The van der Waals surface area contributed by atoms with E-state index in [9.17, 15) is 9.59 Å². The summed E-state index contributed by atoms with van der Waals surface area (Å²) < 4.78 is 0. The number of rotatable bonds is 6. The molecule has 0 aromatic carbocycles. The van der Waals surface area contributed by atoms with Crippen LogP contribution >= 0.6 is 0 Å². The van der Waals surface area contributed by atoms with Crippen LogP contribution < -0.4 is 5.32 Å². The summed E-state index contributed by atoms with van der Waals surface area (Å²) in [6.07, 6.45) is 2.16. The van der Waals surface area contributed by atoms with Gasteiger partial charge >= 0.3 is 5.97 Å². The second-order valence-electron chi connectivity index (χ2n) is 6.38. The van der Waals surface area contributed by atoms with Gasteiger partial charge in [0.25, 0.3) is 0 Å². The molecule has 0 aliphatic carbocycles. The van der Waals surface area contributed by atoms with Crippen LogP contribution in [0.3, 0.4) is 0 Å². The minimum atomic E-state index is -0.756. The van der Waals surface area contributed by atoms with E-state index in [0.29, 0.717) is 12.5 Å². The maximum Gasteiger partial charge on any atom is 0.303 e. The van der Waals surface area contributed by atoms with Crippen molar-refractivity contribution in [3.63, 3.8) is 0 Å². The van der Waals surface area contributed by atoms with Crippen LogP contribution in [-0.4, -0.2) is 47.1 Å². The van der Waals surface area contributed by atoms with Gasteiger partial charge in [-0.3, -0.25) is 9.59 Å². The quantitative estimate of drug-likeness (QED) is 0.779. The van der Waals surface area contributed by atoms with Gasteiger partial charge in [0.2, 0.25) is 5.91 Å². The van der Waals surface area contributed by atoms with Crippen molar-refractivity contribution in [2.75, 3.05) is 19.6 Å². The fraction of sp³-hybridized carbons (Fsp3) is 0.867. The zero-order valence-electron chi connectivity index (χ0n) is 13.1. The molecule has 0 saturated carbocycles. The zero-order chi connectivity index (χ0) is 15.3. The minimum Gasteiger partial charge on any atom is -0.481 e. The summed E-state index contributed by atoms with van der Waals surface area (Å²) in [5, 5.41) is 12.1. The van der Waals surface area contributed by atoms with Crippen LogP contribution in [0.5, 0.6) is 0 Å². The Kier molecular flexibility index (Phi) is 5.99. The van der Waals surface area contributed by atoms with E-state index in [4.69, 9.17) is 5.11 Å². The largest absolute Gasteiger partial charge is 0.481 e. The van der Waals surface area contributed by atoms with Gasteiger partial charge in [-0.1, -0.05) is 13.8 Å². The number of carbonyl (C=O) groups is 2. The number of carbonyl (C=O) groups excluding carboxylic acids is 1. The monoisotopic (exact) mass is 284 g/mol. The Morgan fingerprint density at radius 2 is 2.10 bits per heavy atom. The Morgan fingerprint density at radius 1 is 1.45 bits per heavy atom. The highest BCUT2D eigenvalue weighted by Crippen LogP contribution is 2.27. The van der Waals surface area contributed by atoms with E-state index in [1.165, 1.54) is 0 Å². The molecule has 1 heterocycles. The van der Waals surface area contributed by atoms with Crippen LogP contribution in [0.1, 0.15) is 47.0 Å². The molecule has 116 valence electrons.